The Hall–Kier alpha value is -2.41. The number of amidine groups is 1. The van der Waals surface area contributed by atoms with E-state index in [0.717, 1.165) is 18.7 Å². The first kappa shape index (κ1) is 14.0. The standard InChI is InChI=1S/C13H16FN5O/c14-11-2-1-10(12(7-11)13(15)18-20)8-16-3-5-19-6-4-17-9-19/h1-2,4,6-7,9,16,20H,3,5,8H2,(H2,15,18). The lowest BCUT2D eigenvalue weighted by Crippen LogP contribution is -2.22. The maximum atomic E-state index is 13.2. The molecule has 7 heteroatoms. The Morgan fingerprint density at radius 3 is 3.05 bits per heavy atom. The van der Waals surface area contributed by atoms with Gasteiger partial charge < -0.3 is 20.8 Å². The van der Waals surface area contributed by atoms with E-state index in [1.54, 1.807) is 18.6 Å². The van der Waals surface area contributed by atoms with Crippen molar-refractivity contribution in [3.05, 3.63) is 53.9 Å². The van der Waals surface area contributed by atoms with Gasteiger partial charge in [-0.3, -0.25) is 0 Å². The van der Waals surface area contributed by atoms with E-state index in [1.165, 1.54) is 12.1 Å². The van der Waals surface area contributed by atoms with E-state index in [2.05, 4.69) is 15.5 Å². The largest absolute Gasteiger partial charge is 0.409 e. The van der Waals surface area contributed by atoms with Gasteiger partial charge in [-0.05, 0) is 17.7 Å². The number of oxime groups is 1. The summed E-state index contributed by atoms with van der Waals surface area (Å²) >= 11 is 0. The predicted octanol–water partition coefficient (Wildman–Crippen LogP) is 0.906. The molecule has 20 heavy (non-hydrogen) atoms. The minimum atomic E-state index is -0.422. The van der Waals surface area contributed by atoms with Gasteiger partial charge in [0.15, 0.2) is 5.84 Å². The highest BCUT2D eigenvalue weighted by Crippen LogP contribution is 2.11. The Morgan fingerprint density at radius 1 is 1.50 bits per heavy atom. The van der Waals surface area contributed by atoms with E-state index in [1.807, 2.05) is 10.8 Å². The molecule has 1 heterocycles. The third kappa shape index (κ3) is 3.55. The Labute approximate surface area is 115 Å². The van der Waals surface area contributed by atoms with Crippen molar-refractivity contribution in [2.75, 3.05) is 6.54 Å². The summed E-state index contributed by atoms with van der Waals surface area (Å²) in [6.45, 7) is 2.00. The first-order chi connectivity index (χ1) is 9.70. The molecule has 6 nitrogen and oxygen atoms in total. The van der Waals surface area contributed by atoms with Crippen molar-refractivity contribution in [1.82, 2.24) is 14.9 Å². The predicted molar refractivity (Wildman–Crippen MR) is 72.8 cm³/mol. The van der Waals surface area contributed by atoms with E-state index < -0.39 is 5.82 Å². The summed E-state index contributed by atoms with van der Waals surface area (Å²) in [5, 5.41) is 14.8. The number of halogens is 1. The second kappa shape index (κ2) is 6.67. The Morgan fingerprint density at radius 2 is 2.35 bits per heavy atom. The van der Waals surface area contributed by atoms with Crippen LogP contribution in [0.1, 0.15) is 11.1 Å². The summed E-state index contributed by atoms with van der Waals surface area (Å²) in [4.78, 5) is 3.95. The number of aromatic nitrogens is 2. The average Bonchev–Trinajstić information content (AvgIpc) is 2.97. The van der Waals surface area contributed by atoms with Gasteiger partial charge in [-0.1, -0.05) is 11.2 Å². The third-order valence-electron chi connectivity index (χ3n) is 2.88. The van der Waals surface area contributed by atoms with Gasteiger partial charge in [0.25, 0.3) is 0 Å². The second-order valence-corrected chi connectivity index (χ2v) is 4.26. The average molecular weight is 277 g/mol. The molecule has 0 saturated heterocycles. The normalized spacial score (nSPS) is 11.8. The molecular weight excluding hydrogens is 261 g/mol. The lowest BCUT2D eigenvalue weighted by atomic mass is 10.1. The van der Waals surface area contributed by atoms with E-state index in [0.29, 0.717) is 12.1 Å². The minimum Gasteiger partial charge on any atom is -0.409 e. The van der Waals surface area contributed by atoms with Gasteiger partial charge in [-0.15, -0.1) is 0 Å². The highest BCUT2D eigenvalue weighted by atomic mass is 19.1. The molecule has 0 radical (unpaired) electrons. The van der Waals surface area contributed by atoms with Crippen LogP contribution < -0.4 is 11.1 Å². The van der Waals surface area contributed by atoms with Crippen molar-refractivity contribution in [2.24, 2.45) is 10.9 Å². The van der Waals surface area contributed by atoms with Crippen LogP contribution in [0.4, 0.5) is 4.39 Å². The molecule has 1 aromatic heterocycles. The SMILES string of the molecule is NC(=NO)c1cc(F)ccc1CNCCn1ccnc1. The number of rotatable bonds is 6. The monoisotopic (exact) mass is 277 g/mol. The number of nitrogens with zero attached hydrogens (tertiary/aromatic N) is 3. The number of hydrogen-bond acceptors (Lipinski definition) is 4. The molecule has 2 aromatic rings. The van der Waals surface area contributed by atoms with Gasteiger partial charge in [0, 0.05) is 37.6 Å². The van der Waals surface area contributed by atoms with E-state index in [9.17, 15) is 4.39 Å². The third-order valence-corrected chi connectivity index (χ3v) is 2.88. The van der Waals surface area contributed by atoms with Crippen molar-refractivity contribution < 1.29 is 9.60 Å². The van der Waals surface area contributed by atoms with Crippen LogP contribution in [0.3, 0.4) is 0 Å². The summed E-state index contributed by atoms with van der Waals surface area (Å²) < 4.78 is 15.1. The van der Waals surface area contributed by atoms with Gasteiger partial charge in [0.05, 0.1) is 6.33 Å². The lowest BCUT2D eigenvalue weighted by molar-refractivity contribution is 0.318. The molecule has 0 atom stereocenters. The van der Waals surface area contributed by atoms with Crippen LogP contribution in [-0.4, -0.2) is 27.1 Å². The minimum absolute atomic E-state index is 0.101. The van der Waals surface area contributed by atoms with Gasteiger partial charge in [0.1, 0.15) is 5.82 Å². The summed E-state index contributed by atoms with van der Waals surface area (Å²) in [6.07, 6.45) is 5.33. The molecule has 0 spiro atoms. The molecule has 0 bridgehead atoms. The lowest BCUT2D eigenvalue weighted by Gasteiger charge is -2.10. The Balaban J connectivity index is 1.95. The van der Waals surface area contributed by atoms with Crippen molar-refractivity contribution in [2.45, 2.75) is 13.1 Å². The van der Waals surface area contributed by atoms with E-state index in [4.69, 9.17) is 10.9 Å². The zero-order chi connectivity index (χ0) is 14.4. The zero-order valence-corrected chi connectivity index (χ0v) is 10.8. The van der Waals surface area contributed by atoms with Crippen molar-refractivity contribution >= 4 is 5.84 Å². The highest BCUT2D eigenvalue weighted by molar-refractivity contribution is 5.98. The first-order valence-electron chi connectivity index (χ1n) is 6.13. The fraction of sp³-hybridized carbons (Fsp3) is 0.231. The fourth-order valence-corrected chi connectivity index (χ4v) is 1.85. The molecule has 0 saturated carbocycles. The van der Waals surface area contributed by atoms with E-state index in [-0.39, 0.29) is 5.84 Å². The molecule has 106 valence electrons. The van der Waals surface area contributed by atoms with Crippen LogP contribution in [0.25, 0.3) is 0 Å². The van der Waals surface area contributed by atoms with Crippen LogP contribution in [0.15, 0.2) is 42.1 Å². The highest BCUT2D eigenvalue weighted by Gasteiger charge is 2.08. The Kier molecular flexibility index (Phi) is 4.67. The fourth-order valence-electron chi connectivity index (χ4n) is 1.85. The van der Waals surface area contributed by atoms with Gasteiger partial charge in [-0.25, -0.2) is 9.37 Å². The van der Waals surface area contributed by atoms with Gasteiger partial charge >= 0.3 is 0 Å². The topological polar surface area (TPSA) is 88.5 Å². The molecule has 1 aromatic carbocycles. The van der Waals surface area contributed by atoms with Crippen molar-refractivity contribution in [1.29, 1.82) is 0 Å². The summed E-state index contributed by atoms with van der Waals surface area (Å²) in [6, 6.07) is 4.22. The molecule has 4 N–H and O–H groups in total. The number of hydrogen-bond donors (Lipinski definition) is 3. The maximum absolute atomic E-state index is 13.2. The number of nitrogens with one attached hydrogen (secondary N) is 1. The maximum Gasteiger partial charge on any atom is 0.170 e. The van der Waals surface area contributed by atoms with Gasteiger partial charge in [0.2, 0.25) is 0 Å². The molecule has 0 unspecified atom stereocenters. The smallest absolute Gasteiger partial charge is 0.170 e. The van der Waals surface area contributed by atoms with Crippen LogP contribution in [-0.2, 0) is 13.1 Å². The number of imidazole rings is 1. The van der Waals surface area contributed by atoms with Gasteiger partial charge in [-0.2, -0.15) is 0 Å². The quantitative estimate of drug-likeness (QED) is 0.241. The first-order valence-corrected chi connectivity index (χ1v) is 6.13. The summed E-state index contributed by atoms with van der Waals surface area (Å²) in [7, 11) is 0. The zero-order valence-electron chi connectivity index (χ0n) is 10.8. The molecule has 0 aliphatic rings. The molecule has 0 aliphatic carbocycles. The van der Waals surface area contributed by atoms with Crippen molar-refractivity contribution in [3.8, 4) is 0 Å². The number of nitrogens with two attached hydrogens (primary N) is 1. The second-order valence-electron chi connectivity index (χ2n) is 4.26. The van der Waals surface area contributed by atoms with Crippen LogP contribution in [0.5, 0.6) is 0 Å². The molecule has 0 fully saturated rings. The van der Waals surface area contributed by atoms with E-state index >= 15 is 0 Å². The van der Waals surface area contributed by atoms with Crippen molar-refractivity contribution in [3.63, 3.8) is 0 Å². The summed E-state index contributed by atoms with van der Waals surface area (Å²) in [5.41, 5.74) is 6.70. The number of benzene rings is 1. The molecular formula is C13H16FN5O. The Bertz CT molecular complexity index is 582. The van der Waals surface area contributed by atoms with Crippen LogP contribution in [0, 0.1) is 5.82 Å². The molecule has 0 aliphatic heterocycles. The van der Waals surface area contributed by atoms with Crippen LogP contribution in [0.2, 0.25) is 0 Å². The molecule has 0 amide bonds. The van der Waals surface area contributed by atoms with Crippen LogP contribution >= 0.6 is 0 Å². The molecule has 2 rings (SSSR count). The summed E-state index contributed by atoms with van der Waals surface area (Å²) in [5.74, 6) is -0.523.